The van der Waals surface area contributed by atoms with Crippen molar-refractivity contribution in [2.75, 3.05) is 25.0 Å². The summed E-state index contributed by atoms with van der Waals surface area (Å²) in [6.45, 7) is 12.5. The van der Waals surface area contributed by atoms with Crippen LogP contribution < -0.4 is 5.32 Å². The lowest BCUT2D eigenvalue weighted by molar-refractivity contribution is 0.0970. The van der Waals surface area contributed by atoms with Gasteiger partial charge in [-0.05, 0) is 47.3 Å². The molecule has 0 bridgehead atoms. The van der Waals surface area contributed by atoms with Crippen LogP contribution in [-0.4, -0.2) is 64.7 Å². The highest BCUT2D eigenvalue weighted by atomic mass is 28.4. The SMILES string of the molecule is CC(C)(C)[Si](C)(C)OC[C@@H]1C[C@H](Nc2ncnc3c2ccn3C(c2ccccc2)(c2ccccc2)c2ccccc2)CN(C(=O)O)C1. The van der Waals surface area contributed by atoms with Gasteiger partial charge in [-0.1, -0.05) is 112 Å². The van der Waals surface area contributed by atoms with E-state index in [-0.39, 0.29) is 17.0 Å². The van der Waals surface area contributed by atoms with Gasteiger partial charge >= 0.3 is 6.09 Å². The summed E-state index contributed by atoms with van der Waals surface area (Å²) < 4.78 is 8.81. The van der Waals surface area contributed by atoms with Crippen LogP contribution in [0.3, 0.4) is 0 Å². The molecule has 1 aliphatic rings. The van der Waals surface area contributed by atoms with Gasteiger partial charge in [-0.15, -0.1) is 0 Å². The summed E-state index contributed by atoms with van der Waals surface area (Å²) >= 11 is 0. The van der Waals surface area contributed by atoms with Gasteiger partial charge in [-0.3, -0.25) is 0 Å². The molecular weight excluding hydrogens is 603 g/mol. The minimum absolute atomic E-state index is 0.0790. The van der Waals surface area contributed by atoms with Crippen LogP contribution in [0.25, 0.3) is 11.0 Å². The highest BCUT2D eigenvalue weighted by molar-refractivity contribution is 6.74. The Morgan fingerprint density at radius 2 is 1.43 bits per heavy atom. The molecule has 0 saturated carbocycles. The zero-order valence-electron chi connectivity index (χ0n) is 27.9. The van der Waals surface area contributed by atoms with Crippen LogP contribution in [0.15, 0.2) is 110 Å². The molecule has 1 amide bonds. The van der Waals surface area contributed by atoms with Crippen LogP contribution in [-0.2, 0) is 9.96 Å². The number of amides is 1. The number of aromatic nitrogens is 3. The molecule has 0 spiro atoms. The van der Waals surface area contributed by atoms with Crippen molar-refractivity contribution >= 4 is 31.3 Å². The van der Waals surface area contributed by atoms with Crippen molar-refractivity contribution in [2.45, 2.75) is 56.9 Å². The van der Waals surface area contributed by atoms with Gasteiger partial charge in [0, 0.05) is 37.9 Å². The number of anilines is 1. The molecule has 47 heavy (non-hydrogen) atoms. The normalized spacial score (nSPS) is 17.5. The number of rotatable bonds is 9. The van der Waals surface area contributed by atoms with Crippen molar-refractivity contribution in [3.05, 3.63) is 126 Å². The minimum Gasteiger partial charge on any atom is -0.465 e. The molecule has 5 aromatic rings. The Labute approximate surface area is 278 Å². The highest BCUT2D eigenvalue weighted by Crippen LogP contribution is 2.43. The monoisotopic (exact) mass is 647 g/mol. The number of carbonyl (C=O) groups is 1. The average molecular weight is 648 g/mol. The number of nitrogens with one attached hydrogen (secondary N) is 1. The van der Waals surface area contributed by atoms with Crippen LogP contribution in [0.2, 0.25) is 18.1 Å². The van der Waals surface area contributed by atoms with Crippen LogP contribution in [0, 0.1) is 5.92 Å². The summed E-state index contributed by atoms with van der Waals surface area (Å²) in [6, 6.07) is 33.5. The Morgan fingerprint density at radius 3 is 1.94 bits per heavy atom. The van der Waals surface area contributed by atoms with Gasteiger partial charge in [0.25, 0.3) is 0 Å². The van der Waals surface area contributed by atoms with E-state index < -0.39 is 19.9 Å². The fourth-order valence-electron chi connectivity index (χ4n) is 6.61. The van der Waals surface area contributed by atoms with Crippen molar-refractivity contribution in [1.82, 2.24) is 19.4 Å². The number of piperidine rings is 1. The third-order valence-electron chi connectivity index (χ3n) is 10.1. The number of carboxylic acid groups (broad SMARTS) is 1. The van der Waals surface area contributed by atoms with Gasteiger partial charge in [0.2, 0.25) is 0 Å². The average Bonchev–Trinajstić information content (AvgIpc) is 3.51. The number of hydrogen-bond acceptors (Lipinski definition) is 5. The summed E-state index contributed by atoms with van der Waals surface area (Å²) in [7, 11) is -1.98. The Bertz CT molecular complexity index is 1710. The van der Waals surface area contributed by atoms with Crippen LogP contribution in [0.5, 0.6) is 0 Å². The van der Waals surface area contributed by atoms with E-state index in [9.17, 15) is 9.90 Å². The zero-order chi connectivity index (χ0) is 33.2. The maximum absolute atomic E-state index is 12.2. The van der Waals surface area contributed by atoms with E-state index in [4.69, 9.17) is 14.4 Å². The topological polar surface area (TPSA) is 92.5 Å². The summed E-state index contributed by atoms with van der Waals surface area (Å²) in [4.78, 5) is 23.3. The second-order valence-electron chi connectivity index (χ2n) is 14.2. The summed E-state index contributed by atoms with van der Waals surface area (Å²) in [5.74, 6) is 0.772. The Kier molecular flexibility index (Phi) is 8.96. The van der Waals surface area contributed by atoms with Crippen LogP contribution >= 0.6 is 0 Å². The predicted molar refractivity (Wildman–Crippen MR) is 190 cm³/mol. The maximum atomic E-state index is 12.2. The lowest BCUT2D eigenvalue weighted by atomic mass is 9.76. The van der Waals surface area contributed by atoms with Crippen molar-refractivity contribution in [1.29, 1.82) is 0 Å². The predicted octanol–water partition coefficient (Wildman–Crippen LogP) is 8.07. The van der Waals surface area contributed by atoms with E-state index in [0.717, 1.165) is 34.1 Å². The van der Waals surface area contributed by atoms with Gasteiger partial charge < -0.3 is 24.3 Å². The molecule has 2 N–H and O–H groups in total. The largest absolute Gasteiger partial charge is 0.465 e. The maximum Gasteiger partial charge on any atom is 0.407 e. The van der Waals surface area contributed by atoms with E-state index in [1.165, 1.54) is 4.90 Å². The van der Waals surface area contributed by atoms with Gasteiger partial charge in [-0.2, -0.15) is 0 Å². The minimum atomic E-state index is -1.98. The van der Waals surface area contributed by atoms with Gasteiger partial charge in [0.1, 0.15) is 23.3 Å². The fourth-order valence-corrected chi connectivity index (χ4v) is 7.70. The number of likely N-dealkylation sites (tertiary alicyclic amines) is 1. The molecular formula is C38H45N5O3Si. The molecule has 244 valence electrons. The first-order chi connectivity index (χ1) is 22.5. The smallest absolute Gasteiger partial charge is 0.407 e. The van der Waals surface area contributed by atoms with Crippen molar-refractivity contribution in [3.63, 3.8) is 0 Å². The molecule has 2 aromatic heterocycles. The van der Waals surface area contributed by atoms with Crippen molar-refractivity contribution in [3.8, 4) is 0 Å². The van der Waals surface area contributed by atoms with Gasteiger partial charge in [0.15, 0.2) is 8.32 Å². The first kappa shape index (κ1) is 32.5. The van der Waals surface area contributed by atoms with Gasteiger partial charge in [-0.25, -0.2) is 14.8 Å². The molecule has 1 fully saturated rings. The zero-order valence-corrected chi connectivity index (χ0v) is 28.9. The Morgan fingerprint density at radius 1 is 0.872 bits per heavy atom. The summed E-state index contributed by atoms with van der Waals surface area (Å²) in [6.07, 6.45) is 3.57. The van der Waals surface area contributed by atoms with Crippen LogP contribution in [0.1, 0.15) is 43.9 Å². The number of hydrogen-bond donors (Lipinski definition) is 2. The molecule has 9 heteroatoms. The fraction of sp³-hybridized carbons (Fsp3) is 0.342. The molecule has 8 nitrogen and oxygen atoms in total. The second kappa shape index (κ2) is 13.0. The first-order valence-corrected chi connectivity index (χ1v) is 19.3. The lowest BCUT2D eigenvalue weighted by Gasteiger charge is -2.40. The van der Waals surface area contributed by atoms with Crippen molar-refractivity contribution in [2.24, 2.45) is 5.92 Å². The van der Waals surface area contributed by atoms with E-state index >= 15 is 0 Å². The molecule has 3 aromatic carbocycles. The molecule has 0 aliphatic carbocycles. The highest BCUT2D eigenvalue weighted by Gasteiger charge is 2.41. The Hall–Kier alpha value is -4.47. The summed E-state index contributed by atoms with van der Waals surface area (Å²) in [5.41, 5.74) is 3.39. The molecule has 0 unspecified atom stereocenters. The van der Waals surface area contributed by atoms with E-state index in [1.807, 2.05) is 18.2 Å². The van der Waals surface area contributed by atoms with Crippen LogP contribution in [0.4, 0.5) is 10.6 Å². The van der Waals surface area contributed by atoms with Gasteiger partial charge in [0.05, 0.1) is 5.39 Å². The molecule has 6 rings (SSSR count). The molecule has 2 atom stereocenters. The Balaban J connectivity index is 1.40. The van der Waals surface area contributed by atoms with E-state index in [1.54, 1.807) is 6.33 Å². The first-order valence-electron chi connectivity index (χ1n) is 16.4. The molecule has 0 radical (unpaired) electrons. The lowest BCUT2D eigenvalue weighted by Crippen LogP contribution is -2.51. The third kappa shape index (κ3) is 6.29. The summed E-state index contributed by atoms with van der Waals surface area (Å²) in [5, 5.41) is 14.6. The van der Waals surface area contributed by atoms with Crippen molar-refractivity contribution < 1.29 is 14.3 Å². The van der Waals surface area contributed by atoms with E-state index in [2.05, 4.69) is 129 Å². The van der Waals surface area contributed by atoms with E-state index in [0.29, 0.717) is 25.5 Å². The third-order valence-corrected chi connectivity index (χ3v) is 14.6. The standard InChI is InChI=1S/C38H45N5O3Si/c1-37(2,3)47(4,5)46-26-28-23-32(25-42(24-28)36(44)45)41-34-33-21-22-43(35(33)40-27-39-34)38(29-15-9-6-10-16-29,30-17-11-7-12-18-30)31-19-13-8-14-20-31/h6-22,27-28,32H,23-26H2,1-5H3,(H,44,45)(H,39,40,41)/t28-,32+/m1/s1. The molecule has 1 aliphatic heterocycles. The molecule has 3 heterocycles. The number of fused-ring (bicyclic) bond motifs is 1. The quantitative estimate of drug-likeness (QED) is 0.124. The molecule has 1 saturated heterocycles. The number of nitrogens with zero attached hydrogens (tertiary/aromatic N) is 4. The number of benzene rings is 3. The second-order valence-corrected chi connectivity index (χ2v) is 19.0.